The Balaban J connectivity index is 1.37. The molecule has 0 bridgehead atoms. The summed E-state index contributed by atoms with van der Waals surface area (Å²) >= 11 is 0. The Bertz CT molecular complexity index is 527. The van der Waals surface area contributed by atoms with E-state index < -0.39 is 6.10 Å². The minimum Gasteiger partial charge on any atom is -0.389 e. The first-order chi connectivity index (χ1) is 10.6. The quantitative estimate of drug-likeness (QED) is 0.772. The topological polar surface area (TPSA) is 58.6 Å². The minimum absolute atomic E-state index is 0.0505. The maximum absolute atomic E-state index is 12.1. The molecule has 4 heteroatoms. The number of benzene rings is 1. The van der Waals surface area contributed by atoms with Crippen molar-refractivity contribution in [3.63, 3.8) is 0 Å². The standard InChI is InChI=1S/C18H25NO3/c1-12-4-2-3-5-15(12)16-8-17(16)18(21)19-9-14(20)11-22-10-13-6-7-13/h2-5,13-14,16-17,20H,6-11H2,1H3,(H,19,21). The zero-order valence-electron chi connectivity index (χ0n) is 13.1. The molecule has 2 aliphatic rings. The normalized spacial score (nSPS) is 24.8. The molecule has 2 aliphatic carbocycles. The molecule has 120 valence electrons. The zero-order valence-corrected chi connectivity index (χ0v) is 13.1. The number of aryl methyl sites for hydroxylation is 1. The van der Waals surface area contributed by atoms with E-state index in [1.807, 2.05) is 12.1 Å². The summed E-state index contributed by atoms with van der Waals surface area (Å²) in [5, 5.41) is 12.7. The number of aliphatic hydroxyl groups is 1. The van der Waals surface area contributed by atoms with Gasteiger partial charge in [-0.05, 0) is 49.1 Å². The van der Waals surface area contributed by atoms with Crippen LogP contribution in [0, 0.1) is 18.8 Å². The van der Waals surface area contributed by atoms with Crippen molar-refractivity contribution in [1.29, 1.82) is 0 Å². The Morgan fingerprint density at radius 2 is 2.18 bits per heavy atom. The molecule has 3 rings (SSSR count). The van der Waals surface area contributed by atoms with E-state index in [0.717, 1.165) is 13.0 Å². The average molecular weight is 303 g/mol. The largest absolute Gasteiger partial charge is 0.389 e. The van der Waals surface area contributed by atoms with Gasteiger partial charge >= 0.3 is 0 Å². The third-order valence-corrected chi connectivity index (χ3v) is 4.59. The second-order valence-corrected chi connectivity index (χ2v) is 6.69. The van der Waals surface area contributed by atoms with Crippen LogP contribution < -0.4 is 5.32 Å². The van der Waals surface area contributed by atoms with E-state index in [2.05, 4.69) is 24.4 Å². The Morgan fingerprint density at radius 3 is 2.91 bits per heavy atom. The maximum Gasteiger partial charge on any atom is 0.223 e. The van der Waals surface area contributed by atoms with Gasteiger partial charge in [-0.25, -0.2) is 0 Å². The molecule has 0 aliphatic heterocycles. The molecule has 0 aromatic heterocycles. The number of aliphatic hydroxyl groups excluding tert-OH is 1. The van der Waals surface area contributed by atoms with Crippen molar-refractivity contribution in [1.82, 2.24) is 5.32 Å². The van der Waals surface area contributed by atoms with Gasteiger partial charge in [0.2, 0.25) is 5.91 Å². The second kappa shape index (κ2) is 6.80. The van der Waals surface area contributed by atoms with Crippen molar-refractivity contribution in [2.24, 2.45) is 11.8 Å². The van der Waals surface area contributed by atoms with Crippen molar-refractivity contribution in [2.75, 3.05) is 19.8 Å². The van der Waals surface area contributed by atoms with Crippen molar-refractivity contribution < 1.29 is 14.6 Å². The van der Waals surface area contributed by atoms with Crippen molar-refractivity contribution in [3.8, 4) is 0 Å². The summed E-state index contributed by atoms with van der Waals surface area (Å²) in [5.41, 5.74) is 2.52. The van der Waals surface area contributed by atoms with Gasteiger partial charge in [-0.15, -0.1) is 0 Å². The van der Waals surface area contributed by atoms with Gasteiger partial charge in [-0.1, -0.05) is 24.3 Å². The molecule has 0 spiro atoms. The van der Waals surface area contributed by atoms with Crippen LogP contribution in [0.2, 0.25) is 0 Å². The van der Waals surface area contributed by atoms with Crippen LogP contribution in [0.25, 0.3) is 0 Å². The summed E-state index contributed by atoms with van der Waals surface area (Å²) < 4.78 is 5.43. The van der Waals surface area contributed by atoms with Gasteiger partial charge in [-0.2, -0.15) is 0 Å². The van der Waals surface area contributed by atoms with Crippen LogP contribution in [-0.2, 0) is 9.53 Å². The van der Waals surface area contributed by atoms with Gasteiger partial charge in [0, 0.05) is 19.1 Å². The number of ether oxygens (including phenoxy) is 1. The summed E-state index contributed by atoms with van der Waals surface area (Å²) in [7, 11) is 0. The molecule has 0 radical (unpaired) electrons. The van der Waals surface area contributed by atoms with Crippen LogP contribution in [0.4, 0.5) is 0 Å². The number of hydrogen-bond acceptors (Lipinski definition) is 3. The maximum atomic E-state index is 12.1. The fraction of sp³-hybridized carbons (Fsp3) is 0.611. The highest BCUT2D eigenvalue weighted by Crippen LogP contribution is 2.48. The number of carbonyl (C=O) groups excluding carboxylic acids is 1. The molecule has 3 unspecified atom stereocenters. The molecule has 2 fully saturated rings. The lowest BCUT2D eigenvalue weighted by Crippen LogP contribution is -2.35. The Hall–Kier alpha value is -1.39. The molecule has 2 N–H and O–H groups in total. The molecule has 0 heterocycles. The van der Waals surface area contributed by atoms with Crippen LogP contribution >= 0.6 is 0 Å². The molecule has 22 heavy (non-hydrogen) atoms. The van der Waals surface area contributed by atoms with Crippen LogP contribution in [0.3, 0.4) is 0 Å². The Morgan fingerprint density at radius 1 is 1.41 bits per heavy atom. The first kappa shape index (κ1) is 15.5. The summed E-state index contributed by atoms with van der Waals surface area (Å²) in [6.45, 7) is 3.41. The summed E-state index contributed by atoms with van der Waals surface area (Å²) in [4.78, 5) is 12.1. The molecular weight excluding hydrogens is 278 g/mol. The summed E-state index contributed by atoms with van der Waals surface area (Å²) in [5.74, 6) is 1.14. The minimum atomic E-state index is -0.613. The number of rotatable bonds is 8. The molecule has 1 amide bonds. The lowest BCUT2D eigenvalue weighted by atomic mass is 10.0. The first-order valence-electron chi connectivity index (χ1n) is 8.24. The predicted octanol–water partition coefficient (Wildman–Crippen LogP) is 2.00. The van der Waals surface area contributed by atoms with E-state index in [1.165, 1.54) is 24.0 Å². The van der Waals surface area contributed by atoms with E-state index in [9.17, 15) is 9.90 Å². The van der Waals surface area contributed by atoms with Crippen LogP contribution in [0.1, 0.15) is 36.3 Å². The average Bonchev–Trinajstić information content (AvgIpc) is 3.39. The predicted molar refractivity (Wildman–Crippen MR) is 84.6 cm³/mol. The van der Waals surface area contributed by atoms with Gasteiger partial charge in [0.15, 0.2) is 0 Å². The fourth-order valence-electron chi connectivity index (χ4n) is 2.89. The molecule has 4 nitrogen and oxygen atoms in total. The molecule has 2 saturated carbocycles. The van der Waals surface area contributed by atoms with Crippen molar-refractivity contribution in [2.45, 2.75) is 38.2 Å². The molecule has 3 atom stereocenters. The zero-order chi connectivity index (χ0) is 15.5. The SMILES string of the molecule is Cc1ccccc1C1CC1C(=O)NCC(O)COCC1CC1. The number of hydrogen-bond donors (Lipinski definition) is 2. The lowest BCUT2D eigenvalue weighted by molar-refractivity contribution is -0.123. The number of carbonyl (C=O) groups is 1. The van der Waals surface area contributed by atoms with Crippen LogP contribution in [0.15, 0.2) is 24.3 Å². The Labute approximate surface area is 131 Å². The monoisotopic (exact) mass is 303 g/mol. The third kappa shape index (κ3) is 4.08. The number of nitrogens with one attached hydrogen (secondary N) is 1. The Kier molecular flexibility index (Phi) is 4.79. The highest BCUT2D eigenvalue weighted by atomic mass is 16.5. The van der Waals surface area contributed by atoms with Gasteiger partial charge in [-0.3, -0.25) is 4.79 Å². The molecule has 1 aromatic rings. The summed E-state index contributed by atoms with van der Waals surface area (Å²) in [6.07, 6.45) is 2.78. The second-order valence-electron chi connectivity index (χ2n) is 6.69. The van der Waals surface area contributed by atoms with Gasteiger partial charge < -0.3 is 15.2 Å². The van der Waals surface area contributed by atoms with Crippen LogP contribution in [-0.4, -0.2) is 36.9 Å². The summed E-state index contributed by atoms with van der Waals surface area (Å²) in [6, 6.07) is 8.24. The molecule has 1 aromatic carbocycles. The molecular formula is C18H25NO3. The highest BCUT2D eigenvalue weighted by molar-refractivity contribution is 5.83. The number of amides is 1. The smallest absolute Gasteiger partial charge is 0.223 e. The van der Waals surface area contributed by atoms with E-state index in [0.29, 0.717) is 18.4 Å². The third-order valence-electron chi connectivity index (χ3n) is 4.59. The van der Waals surface area contributed by atoms with Crippen molar-refractivity contribution in [3.05, 3.63) is 35.4 Å². The van der Waals surface area contributed by atoms with Gasteiger partial charge in [0.25, 0.3) is 0 Å². The van der Waals surface area contributed by atoms with E-state index in [4.69, 9.17) is 4.74 Å². The van der Waals surface area contributed by atoms with E-state index in [1.54, 1.807) is 0 Å². The highest BCUT2D eigenvalue weighted by Gasteiger charge is 2.44. The van der Waals surface area contributed by atoms with Crippen molar-refractivity contribution >= 4 is 5.91 Å². The first-order valence-corrected chi connectivity index (χ1v) is 8.24. The van der Waals surface area contributed by atoms with E-state index >= 15 is 0 Å². The van der Waals surface area contributed by atoms with E-state index in [-0.39, 0.29) is 18.4 Å². The fourth-order valence-corrected chi connectivity index (χ4v) is 2.89. The lowest BCUT2D eigenvalue weighted by Gasteiger charge is -2.12. The molecule has 0 saturated heterocycles. The van der Waals surface area contributed by atoms with Gasteiger partial charge in [0.1, 0.15) is 0 Å². The van der Waals surface area contributed by atoms with Crippen LogP contribution in [0.5, 0.6) is 0 Å². The van der Waals surface area contributed by atoms with Gasteiger partial charge in [0.05, 0.1) is 12.7 Å².